The molecule has 2 heterocycles. The Hall–Kier alpha value is -3.98. The monoisotopic (exact) mass is 492 g/mol. The van der Waals surface area contributed by atoms with Gasteiger partial charge in [0.2, 0.25) is 0 Å². The summed E-state index contributed by atoms with van der Waals surface area (Å²) in [4.78, 5) is 44.7. The van der Waals surface area contributed by atoms with Crippen molar-refractivity contribution in [2.24, 2.45) is 0 Å². The minimum atomic E-state index is -0.970. The van der Waals surface area contributed by atoms with Crippen LogP contribution in [0.2, 0.25) is 0 Å². The maximum absolute atomic E-state index is 13.3. The van der Waals surface area contributed by atoms with Crippen LogP contribution in [0.25, 0.3) is 5.76 Å². The van der Waals surface area contributed by atoms with E-state index in [0.29, 0.717) is 39.8 Å². The highest BCUT2D eigenvalue weighted by atomic mass is 32.1. The topological polar surface area (TPSA) is 106 Å². The van der Waals surface area contributed by atoms with Gasteiger partial charge >= 0.3 is 5.91 Å². The number of benzene rings is 2. The van der Waals surface area contributed by atoms with Crippen molar-refractivity contribution in [3.05, 3.63) is 75.8 Å². The number of carbonyl (C=O) groups is 3. The van der Waals surface area contributed by atoms with Crippen LogP contribution in [0.5, 0.6) is 11.5 Å². The van der Waals surface area contributed by atoms with Gasteiger partial charge in [0.15, 0.2) is 10.9 Å². The Labute approximate surface area is 206 Å². The zero-order valence-corrected chi connectivity index (χ0v) is 20.5. The first kappa shape index (κ1) is 24.2. The Kier molecular flexibility index (Phi) is 6.70. The Bertz CT molecular complexity index is 1340. The minimum absolute atomic E-state index is 0.0777. The number of methoxy groups -OCH3 is 1. The summed E-state index contributed by atoms with van der Waals surface area (Å²) in [5.74, 6) is -1.05. The number of carbonyl (C=O) groups excluding carboxylic acids is 3. The van der Waals surface area contributed by atoms with Crippen LogP contribution in [0.15, 0.2) is 54.1 Å². The van der Waals surface area contributed by atoms with Crippen LogP contribution in [0, 0.1) is 6.92 Å². The highest BCUT2D eigenvalue weighted by Gasteiger charge is 2.48. The summed E-state index contributed by atoms with van der Waals surface area (Å²) in [7, 11) is 1.52. The van der Waals surface area contributed by atoms with Crippen molar-refractivity contribution < 1.29 is 29.0 Å². The summed E-state index contributed by atoms with van der Waals surface area (Å²) in [6.07, 6.45) is 0. The van der Waals surface area contributed by atoms with Gasteiger partial charge in [-0.05, 0) is 55.8 Å². The molecule has 0 radical (unpaired) electrons. The van der Waals surface area contributed by atoms with Gasteiger partial charge in [-0.1, -0.05) is 23.5 Å². The Morgan fingerprint density at radius 1 is 1.14 bits per heavy atom. The van der Waals surface area contributed by atoms with E-state index in [9.17, 15) is 19.5 Å². The highest BCUT2D eigenvalue weighted by Crippen LogP contribution is 2.44. The van der Waals surface area contributed by atoms with Crippen molar-refractivity contribution in [2.75, 3.05) is 18.6 Å². The molecule has 1 atom stereocenters. The first-order chi connectivity index (χ1) is 16.8. The van der Waals surface area contributed by atoms with Gasteiger partial charge in [0.25, 0.3) is 5.78 Å². The molecule has 1 saturated heterocycles. The van der Waals surface area contributed by atoms with E-state index in [2.05, 4.69) is 4.98 Å². The Morgan fingerprint density at radius 3 is 2.46 bits per heavy atom. The van der Waals surface area contributed by atoms with Crippen LogP contribution in [-0.4, -0.2) is 41.3 Å². The standard InChI is InChI=1S/C26H24N2O6S/c1-5-34-19-8-6-7-17(13-19)21-20(22(30)16-9-11-18(33-4)12-10-16)23(31)25(32)28(21)26-27-14(2)24(35-26)15(3)29/h6-13,21,30H,5H2,1-4H3. The number of rotatable bonds is 7. The number of aromatic nitrogens is 1. The number of aliphatic hydroxyl groups is 1. The Balaban J connectivity index is 1.93. The van der Waals surface area contributed by atoms with E-state index in [1.165, 1.54) is 18.9 Å². The van der Waals surface area contributed by atoms with Crippen LogP contribution < -0.4 is 14.4 Å². The molecule has 2 aromatic carbocycles. The first-order valence-corrected chi connectivity index (χ1v) is 11.7. The number of Topliss-reactive ketones (excluding diaryl/α,β-unsaturated/α-hetero) is 2. The van der Waals surface area contributed by atoms with E-state index in [0.717, 1.165) is 11.3 Å². The molecule has 1 aliphatic heterocycles. The second kappa shape index (κ2) is 9.71. The predicted molar refractivity (Wildman–Crippen MR) is 132 cm³/mol. The van der Waals surface area contributed by atoms with Gasteiger partial charge in [-0.3, -0.25) is 19.3 Å². The second-order valence-electron chi connectivity index (χ2n) is 7.87. The summed E-state index contributed by atoms with van der Waals surface area (Å²) < 4.78 is 10.8. The molecule has 180 valence electrons. The summed E-state index contributed by atoms with van der Waals surface area (Å²) >= 11 is 1.04. The fraction of sp³-hybridized carbons (Fsp3) is 0.231. The second-order valence-corrected chi connectivity index (χ2v) is 8.85. The number of thiazole rings is 1. The van der Waals surface area contributed by atoms with Crippen molar-refractivity contribution in [1.82, 2.24) is 4.98 Å². The van der Waals surface area contributed by atoms with Crippen LogP contribution in [0.1, 0.15) is 46.4 Å². The summed E-state index contributed by atoms with van der Waals surface area (Å²) in [5.41, 5.74) is 1.30. The molecule has 1 aliphatic rings. The normalized spacial score (nSPS) is 17.0. The van der Waals surface area contributed by atoms with E-state index < -0.39 is 17.7 Å². The fourth-order valence-corrected chi connectivity index (χ4v) is 4.99. The van der Waals surface area contributed by atoms with Crippen LogP contribution >= 0.6 is 11.3 Å². The van der Waals surface area contributed by atoms with E-state index in [-0.39, 0.29) is 22.2 Å². The molecule has 8 nitrogen and oxygen atoms in total. The average molecular weight is 493 g/mol. The van der Waals surface area contributed by atoms with Crippen LogP contribution in [-0.2, 0) is 9.59 Å². The number of hydrogen-bond donors (Lipinski definition) is 1. The van der Waals surface area contributed by atoms with E-state index >= 15 is 0 Å². The predicted octanol–water partition coefficient (Wildman–Crippen LogP) is 4.69. The number of anilines is 1. The third kappa shape index (κ3) is 4.42. The number of hydrogen-bond acceptors (Lipinski definition) is 8. The summed E-state index contributed by atoms with van der Waals surface area (Å²) in [6.45, 7) is 5.38. The van der Waals surface area contributed by atoms with Gasteiger partial charge in [0.05, 0.1) is 35.9 Å². The molecule has 4 rings (SSSR count). The smallest absolute Gasteiger partial charge is 0.301 e. The molecule has 0 spiro atoms. The quantitative estimate of drug-likeness (QED) is 0.221. The fourth-order valence-electron chi connectivity index (χ4n) is 4.00. The van der Waals surface area contributed by atoms with E-state index in [4.69, 9.17) is 9.47 Å². The lowest BCUT2D eigenvalue weighted by Crippen LogP contribution is -2.29. The van der Waals surface area contributed by atoms with Gasteiger partial charge in [-0.25, -0.2) is 4.98 Å². The lowest BCUT2D eigenvalue weighted by Gasteiger charge is -2.23. The first-order valence-electron chi connectivity index (χ1n) is 10.9. The number of amides is 1. The molecule has 9 heteroatoms. The number of ether oxygens (including phenoxy) is 2. The molecule has 1 N–H and O–H groups in total. The van der Waals surface area contributed by atoms with Crippen molar-refractivity contribution in [3.8, 4) is 11.5 Å². The molecule has 1 fully saturated rings. The van der Waals surface area contributed by atoms with Crippen molar-refractivity contribution in [2.45, 2.75) is 26.8 Å². The third-order valence-electron chi connectivity index (χ3n) is 5.60. The minimum Gasteiger partial charge on any atom is -0.507 e. The summed E-state index contributed by atoms with van der Waals surface area (Å²) in [5, 5.41) is 11.4. The van der Waals surface area contributed by atoms with Gasteiger partial charge in [-0.2, -0.15) is 0 Å². The molecule has 3 aromatic rings. The molecule has 35 heavy (non-hydrogen) atoms. The lowest BCUT2D eigenvalue weighted by molar-refractivity contribution is -0.132. The molecule has 1 aromatic heterocycles. The molecular weight excluding hydrogens is 468 g/mol. The van der Waals surface area contributed by atoms with Crippen molar-refractivity contribution in [3.63, 3.8) is 0 Å². The lowest BCUT2D eigenvalue weighted by atomic mass is 9.95. The van der Waals surface area contributed by atoms with Gasteiger partial charge < -0.3 is 14.6 Å². The number of aryl methyl sites for hydroxylation is 1. The largest absolute Gasteiger partial charge is 0.507 e. The third-order valence-corrected chi connectivity index (χ3v) is 6.86. The zero-order valence-electron chi connectivity index (χ0n) is 19.7. The Morgan fingerprint density at radius 2 is 1.86 bits per heavy atom. The molecule has 0 bridgehead atoms. The SMILES string of the molecule is CCOc1cccc(C2C(=C(O)c3ccc(OC)cc3)C(=O)C(=O)N2c2nc(C)c(C(C)=O)s2)c1. The molecule has 1 amide bonds. The van der Waals surface area contributed by atoms with Crippen molar-refractivity contribution in [1.29, 1.82) is 0 Å². The van der Waals surface area contributed by atoms with Gasteiger partial charge in [-0.15, -0.1) is 0 Å². The van der Waals surface area contributed by atoms with Crippen molar-refractivity contribution >= 4 is 39.7 Å². The maximum atomic E-state index is 13.3. The number of nitrogens with zero attached hydrogens (tertiary/aromatic N) is 2. The zero-order chi connectivity index (χ0) is 25.3. The molecule has 0 aliphatic carbocycles. The molecule has 1 unspecified atom stereocenters. The molecule has 0 saturated carbocycles. The number of aliphatic hydroxyl groups excluding tert-OH is 1. The maximum Gasteiger partial charge on any atom is 0.301 e. The van der Waals surface area contributed by atoms with E-state index in [1.807, 2.05) is 6.92 Å². The average Bonchev–Trinajstić information content (AvgIpc) is 3.36. The van der Waals surface area contributed by atoms with Gasteiger partial charge in [0.1, 0.15) is 17.3 Å². The van der Waals surface area contributed by atoms with Crippen LogP contribution in [0.3, 0.4) is 0 Å². The van der Waals surface area contributed by atoms with Gasteiger partial charge in [0, 0.05) is 12.5 Å². The van der Waals surface area contributed by atoms with Crippen LogP contribution in [0.4, 0.5) is 5.13 Å². The van der Waals surface area contributed by atoms with E-state index in [1.54, 1.807) is 55.5 Å². The summed E-state index contributed by atoms with van der Waals surface area (Å²) in [6, 6.07) is 12.5. The number of ketones is 2. The molecular formula is C26H24N2O6S. The highest BCUT2D eigenvalue weighted by molar-refractivity contribution is 7.18.